The van der Waals surface area contributed by atoms with Gasteiger partial charge in [0.25, 0.3) is 0 Å². The lowest BCUT2D eigenvalue weighted by atomic mass is 9.91. The van der Waals surface area contributed by atoms with E-state index in [1.165, 1.54) is 0 Å². The molecule has 16 heavy (non-hydrogen) atoms. The van der Waals surface area contributed by atoms with Crippen LogP contribution in [0.2, 0.25) is 0 Å². The Kier molecular flexibility index (Phi) is 3.78. The van der Waals surface area contributed by atoms with Gasteiger partial charge in [0.2, 0.25) is 5.88 Å². The zero-order valence-electron chi connectivity index (χ0n) is 9.14. The third-order valence-corrected chi connectivity index (χ3v) is 3.15. The summed E-state index contributed by atoms with van der Waals surface area (Å²) in [5.41, 5.74) is 0. The van der Waals surface area contributed by atoms with Crippen LogP contribution in [0.1, 0.15) is 6.92 Å². The lowest BCUT2D eigenvalue weighted by Crippen LogP contribution is -2.18. The molecule has 0 amide bonds. The Morgan fingerprint density at radius 2 is 2.12 bits per heavy atom. The van der Waals surface area contributed by atoms with E-state index in [0.29, 0.717) is 24.3 Å². The van der Waals surface area contributed by atoms with Crippen molar-refractivity contribution in [1.29, 1.82) is 0 Å². The van der Waals surface area contributed by atoms with Crippen LogP contribution in [0.15, 0.2) is 47.1 Å². The van der Waals surface area contributed by atoms with Crippen LogP contribution >= 0.6 is 15.9 Å². The largest absolute Gasteiger partial charge is 0.477 e. The van der Waals surface area contributed by atoms with E-state index in [9.17, 15) is 0 Å². The maximum atomic E-state index is 5.65. The van der Waals surface area contributed by atoms with E-state index in [1.807, 2.05) is 12.1 Å². The highest BCUT2D eigenvalue weighted by Gasteiger charge is 2.14. The smallest absolute Gasteiger partial charge is 0.213 e. The molecule has 2 nitrogen and oxygen atoms in total. The summed E-state index contributed by atoms with van der Waals surface area (Å²) in [6.07, 6.45) is 10.3. The number of aromatic nitrogens is 1. The Labute approximate surface area is 104 Å². The number of nitrogens with zero attached hydrogens (tertiary/aromatic N) is 1. The van der Waals surface area contributed by atoms with Gasteiger partial charge in [0.15, 0.2) is 0 Å². The van der Waals surface area contributed by atoms with Gasteiger partial charge in [-0.05, 0) is 27.9 Å². The normalized spacial score (nSPS) is 23.4. The molecule has 2 atom stereocenters. The van der Waals surface area contributed by atoms with Crippen molar-refractivity contribution in [3.8, 4) is 5.88 Å². The summed E-state index contributed by atoms with van der Waals surface area (Å²) in [6, 6.07) is 3.81. The third-order valence-electron chi connectivity index (χ3n) is 2.68. The summed E-state index contributed by atoms with van der Waals surface area (Å²) >= 11 is 3.34. The van der Waals surface area contributed by atoms with E-state index in [1.54, 1.807) is 6.20 Å². The topological polar surface area (TPSA) is 22.1 Å². The molecule has 0 spiro atoms. The van der Waals surface area contributed by atoms with Gasteiger partial charge in [-0.1, -0.05) is 31.2 Å². The van der Waals surface area contributed by atoms with Gasteiger partial charge in [-0.25, -0.2) is 4.98 Å². The van der Waals surface area contributed by atoms with Crippen molar-refractivity contribution < 1.29 is 4.74 Å². The zero-order chi connectivity index (χ0) is 11.4. The quantitative estimate of drug-likeness (QED) is 0.844. The molecule has 84 valence electrons. The average Bonchev–Trinajstić information content (AvgIpc) is 2.30. The summed E-state index contributed by atoms with van der Waals surface area (Å²) in [7, 11) is 0. The Hall–Kier alpha value is -1.09. The van der Waals surface area contributed by atoms with Gasteiger partial charge in [-0.3, -0.25) is 0 Å². The molecular formula is C13H14BrNO. The third kappa shape index (κ3) is 2.95. The Bertz CT molecular complexity index is 397. The van der Waals surface area contributed by atoms with E-state index >= 15 is 0 Å². The lowest BCUT2D eigenvalue weighted by Gasteiger charge is -2.20. The first kappa shape index (κ1) is 11.4. The average molecular weight is 280 g/mol. The number of pyridine rings is 1. The molecular weight excluding hydrogens is 266 g/mol. The summed E-state index contributed by atoms with van der Waals surface area (Å²) in [5.74, 6) is 1.65. The first-order valence-electron chi connectivity index (χ1n) is 5.35. The lowest BCUT2D eigenvalue weighted by molar-refractivity contribution is 0.242. The Morgan fingerprint density at radius 1 is 1.31 bits per heavy atom. The molecule has 2 unspecified atom stereocenters. The first-order chi connectivity index (χ1) is 7.75. The van der Waals surface area contributed by atoms with Crippen LogP contribution in [0, 0.1) is 11.8 Å². The van der Waals surface area contributed by atoms with Gasteiger partial charge >= 0.3 is 0 Å². The van der Waals surface area contributed by atoms with Gasteiger partial charge < -0.3 is 4.74 Å². The van der Waals surface area contributed by atoms with E-state index in [0.717, 1.165) is 4.47 Å². The summed E-state index contributed by atoms with van der Waals surface area (Å²) in [5, 5.41) is 0. The van der Waals surface area contributed by atoms with Crippen LogP contribution in [0.25, 0.3) is 0 Å². The number of ether oxygens (including phenoxy) is 1. The highest BCUT2D eigenvalue weighted by atomic mass is 79.9. The van der Waals surface area contributed by atoms with Gasteiger partial charge in [-0.2, -0.15) is 0 Å². The molecule has 1 aliphatic carbocycles. The highest BCUT2D eigenvalue weighted by Crippen LogP contribution is 2.20. The summed E-state index contributed by atoms with van der Waals surface area (Å²) in [4.78, 5) is 4.18. The minimum absolute atomic E-state index is 0.440. The van der Waals surface area contributed by atoms with E-state index in [2.05, 4.69) is 52.1 Å². The van der Waals surface area contributed by atoms with Gasteiger partial charge in [-0.15, -0.1) is 0 Å². The zero-order valence-corrected chi connectivity index (χ0v) is 10.7. The predicted octanol–water partition coefficient (Wildman–Crippen LogP) is 3.60. The van der Waals surface area contributed by atoms with E-state index in [-0.39, 0.29) is 0 Å². The van der Waals surface area contributed by atoms with Crippen molar-refractivity contribution in [2.24, 2.45) is 11.8 Å². The first-order valence-corrected chi connectivity index (χ1v) is 6.14. The van der Waals surface area contributed by atoms with Crippen molar-refractivity contribution in [3.63, 3.8) is 0 Å². The molecule has 2 rings (SSSR count). The molecule has 1 aliphatic rings. The molecule has 0 saturated carbocycles. The summed E-state index contributed by atoms with van der Waals surface area (Å²) in [6.45, 7) is 2.87. The standard InChI is InChI=1S/C13H14BrNO/c1-10-4-2-3-5-11(10)9-16-13-7-6-12(14)8-15-13/h2-8,10-11H,9H2,1H3. The van der Waals surface area contributed by atoms with Gasteiger partial charge in [0.05, 0.1) is 6.61 Å². The molecule has 0 saturated heterocycles. The Balaban J connectivity index is 1.90. The molecule has 3 heteroatoms. The molecule has 1 aromatic heterocycles. The fraction of sp³-hybridized carbons (Fsp3) is 0.308. The van der Waals surface area contributed by atoms with Crippen molar-refractivity contribution in [2.45, 2.75) is 6.92 Å². The number of hydrogen-bond donors (Lipinski definition) is 0. The number of hydrogen-bond acceptors (Lipinski definition) is 2. The molecule has 0 fully saturated rings. The summed E-state index contributed by atoms with van der Waals surface area (Å²) < 4.78 is 6.62. The Morgan fingerprint density at radius 3 is 2.81 bits per heavy atom. The van der Waals surface area contributed by atoms with Crippen molar-refractivity contribution in [1.82, 2.24) is 4.98 Å². The molecule has 0 aliphatic heterocycles. The van der Waals surface area contributed by atoms with E-state index in [4.69, 9.17) is 4.74 Å². The second kappa shape index (κ2) is 5.30. The SMILES string of the molecule is CC1C=CC=CC1COc1ccc(Br)cn1. The monoisotopic (exact) mass is 279 g/mol. The second-order valence-corrected chi connectivity index (χ2v) is 4.83. The van der Waals surface area contributed by atoms with Crippen LogP contribution in [0.5, 0.6) is 5.88 Å². The van der Waals surface area contributed by atoms with Crippen molar-refractivity contribution >= 4 is 15.9 Å². The molecule has 1 heterocycles. The van der Waals surface area contributed by atoms with Gasteiger partial charge in [0, 0.05) is 22.7 Å². The second-order valence-electron chi connectivity index (χ2n) is 3.92. The molecule has 0 radical (unpaired) electrons. The molecule has 1 aromatic rings. The van der Waals surface area contributed by atoms with Gasteiger partial charge in [0.1, 0.15) is 0 Å². The van der Waals surface area contributed by atoms with Crippen LogP contribution in [-0.4, -0.2) is 11.6 Å². The van der Waals surface area contributed by atoms with Crippen LogP contribution in [0.4, 0.5) is 0 Å². The fourth-order valence-electron chi connectivity index (χ4n) is 1.60. The minimum Gasteiger partial charge on any atom is -0.477 e. The molecule has 0 bridgehead atoms. The van der Waals surface area contributed by atoms with Crippen LogP contribution in [0.3, 0.4) is 0 Å². The van der Waals surface area contributed by atoms with E-state index < -0.39 is 0 Å². The number of allylic oxidation sites excluding steroid dienone is 3. The fourth-order valence-corrected chi connectivity index (χ4v) is 1.84. The maximum Gasteiger partial charge on any atom is 0.213 e. The van der Waals surface area contributed by atoms with Crippen LogP contribution in [-0.2, 0) is 0 Å². The van der Waals surface area contributed by atoms with Crippen LogP contribution < -0.4 is 4.74 Å². The predicted molar refractivity (Wildman–Crippen MR) is 68.4 cm³/mol. The molecule has 0 aromatic carbocycles. The highest BCUT2D eigenvalue weighted by molar-refractivity contribution is 9.10. The number of halogens is 1. The minimum atomic E-state index is 0.440. The maximum absolute atomic E-state index is 5.65. The van der Waals surface area contributed by atoms with Crippen molar-refractivity contribution in [3.05, 3.63) is 47.1 Å². The molecule has 0 N–H and O–H groups in total. The number of rotatable bonds is 3. The van der Waals surface area contributed by atoms with Crippen molar-refractivity contribution in [2.75, 3.05) is 6.61 Å².